The number of anilines is 3. The van der Waals surface area contributed by atoms with Gasteiger partial charge in [0.25, 0.3) is 5.91 Å². The molecule has 35 heavy (non-hydrogen) atoms. The Morgan fingerprint density at radius 1 is 1.09 bits per heavy atom. The summed E-state index contributed by atoms with van der Waals surface area (Å²) in [5.74, 6) is -0.00204. The minimum Gasteiger partial charge on any atom is -0.393 e. The second-order valence-electron chi connectivity index (χ2n) is 8.66. The molecule has 8 nitrogen and oxygen atoms in total. The van der Waals surface area contributed by atoms with E-state index in [4.69, 9.17) is 16.5 Å². The van der Waals surface area contributed by atoms with Crippen LogP contribution in [0.15, 0.2) is 54.9 Å². The third-order valence-corrected chi connectivity index (χ3v) is 6.32. The van der Waals surface area contributed by atoms with Crippen molar-refractivity contribution in [3.63, 3.8) is 0 Å². The van der Waals surface area contributed by atoms with Crippen LogP contribution in [0.2, 0.25) is 0 Å². The molecule has 0 spiro atoms. The van der Waals surface area contributed by atoms with Gasteiger partial charge in [-0.15, -0.1) is 0 Å². The summed E-state index contributed by atoms with van der Waals surface area (Å²) in [6.07, 6.45) is 3.23. The summed E-state index contributed by atoms with van der Waals surface area (Å²) in [7, 11) is 0. The fourth-order valence-corrected chi connectivity index (χ4v) is 4.56. The van der Waals surface area contributed by atoms with Crippen LogP contribution >= 0.6 is 0 Å². The fourth-order valence-electron chi connectivity index (χ4n) is 4.56. The highest BCUT2D eigenvalue weighted by molar-refractivity contribution is 6.12. The number of hydrogen-bond acceptors (Lipinski definition) is 7. The molecule has 178 valence electrons. The Morgan fingerprint density at radius 3 is 2.57 bits per heavy atom. The van der Waals surface area contributed by atoms with E-state index in [1.54, 1.807) is 6.07 Å². The van der Waals surface area contributed by atoms with Crippen molar-refractivity contribution in [1.29, 1.82) is 0 Å². The van der Waals surface area contributed by atoms with Crippen molar-refractivity contribution >= 4 is 34.1 Å². The maximum atomic E-state index is 14.4. The smallest absolute Gasteiger partial charge is 0.255 e. The van der Waals surface area contributed by atoms with E-state index >= 15 is 0 Å². The average molecular weight is 472 g/mol. The van der Waals surface area contributed by atoms with E-state index in [2.05, 4.69) is 15.3 Å². The van der Waals surface area contributed by atoms with E-state index in [0.29, 0.717) is 46.6 Å². The second kappa shape index (κ2) is 9.17. The lowest BCUT2D eigenvalue weighted by atomic mass is 9.91. The number of amides is 1. The molecule has 9 heteroatoms. The summed E-state index contributed by atoms with van der Waals surface area (Å²) in [4.78, 5) is 28.8. The molecule has 0 radical (unpaired) electrons. The van der Waals surface area contributed by atoms with Gasteiger partial charge in [-0.1, -0.05) is 30.3 Å². The standard InChI is InChI=1S/C26H26FN7O/c1-15(32-25-22(28)24(29)30-14-31-25)23-20(16-7-3-2-4-8-16)21(26(35)34-11-5-6-12-34)18-13-17(27)9-10-19(18)33-23/h2-4,7-10,13-15H,5-6,11-12,28H2,1H3,(H3,29,30,31,32). The molecular weight excluding hydrogens is 445 g/mol. The maximum absolute atomic E-state index is 14.4. The number of carbonyl (C=O) groups is 1. The van der Waals surface area contributed by atoms with Crippen molar-refractivity contribution in [1.82, 2.24) is 19.9 Å². The number of benzene rings is 2. The molecule has 0 aliphatic carbocycles. The maximum Gasteiger partial charge on any atom is 0.255 e. The summed E-state index contributed by atoms with van der Waals surface area (Å²) in [5.41, 5.74) is 15.3. The Labute approximate surface area is 202 Å². The highest BCUT2D eigenvalue weighted by Crippen LogP contribution is 2.38. The number of halogens is 1. The number of hydrogen-bond donors (Lipinski definition) is 3. The minimum atomic E-state index is -0.419. The summed E-state index contributed by atoms with van der Waals surface area (Å²) >= 11 is 0. The number of nitrogens with one attached hydrogen (secondary N) is 1. The first-order valence-corrected chi connectivity index (χ1v) is 11.5. The molecule has 1 aliphatic rings. The van der Waals surface area contributed by atoms with Gasteiger partial charge < -0.3 is 21.7 Å². The van der Waals surface area contributed by atoms with Crippen molar-refractivity contribution in [3.8, 4) is 11.1 Å². The number of fused-ring (bicyclic) bond motifs is 1. The van der Waals surface area contributed by atoms with Crippen LogP contribution in [-0.4, -0.2) is 38.8 Å². The lowest BCUT2D eigenvalue weighted by Crippen LogP contribution is -2.29. The van der Waals surface area contributed by atoms with Crippen LogP contribution in [0.25, 0.3) is 22.0 Å². The number of rotatable bonds is 5. The van der Waals surface area contributed by atoms with E-state index in [-0.39, 0.29) is 17.4 Å². The number of carbonyl (C=O) groups excluding carboxylic acids is 1. The van der Waals surface area contributed by atoms with Crippen LogP contribution in [0.5, 0.6) is 0 Å². The summed E-state index contributed by atoms with van der Waals surface area (Å²) in [6, 6.07) is 13.5. The number of aromatic nitrogens is 3. The van der Waals surface area contributed by atoms with Gasteiger partial charge in [0, 0.05) is 24.0 Å². The molecule has 2 aromatic heterocycles. The van der Waals surface area contributed by atoms with Crippen LogP contribution < -0.4 is 16.8 Å². The third kappa shape index (κ3) is 4.21. The van der Waals surface area contributed by atoms with Crippen molar-refractivity contribution < 1.29 is 9.18 Å². The number of nitrogens with zero attached hydrogens (tertiary/aromatic N) is 4. The van der Waals surface area contributed by atoms with E-state index in [9.17, 15) is 9.18 Å². The van der Waals surface area contributed by atoms with Gasteiger partial charge in [-0.05, 0) is 43.5 Å². The highest BCUT2D eigenvalue weighted by atomic mass is 19.1. The molecule has 1 fully saturated rings. The Kier molecular flexibility index (Phi) is 5.90. The average Bonchev–Trinajstić information content (AvgIpc) is 3.41. The predicted molar refractivity (Wildman–Crippen MR) is 135 cm³/mol. The Balaban J connectivity index is 1.76. The third-order valence-electron chi connectivity index (χ3n) is 6.32. The normalized spacial score (nSPS) is 14.3. The number of nitrogens with two attached hydrogens (primary N) is 2. The van der Waals surface area contributed by atoms with Gasteiger partial charge in [0.05, 0.1) is 22.8 Å². The number of pyridine rings is 1. The zero-order chi connectivity index (χ0) is 24.5. The lowest BCUT2D eigenvalue weighted by molar-refractivity contribution is 0.0795. The SMILES string of the molecule is CC(Nc1ncnc(N)c1N)c1nc2ccc(F)cc2c(C(=O)N2CCCC2)c1-c1ccccc1. The molecule has 1 unspecified atom stereocenters. The van der Waals surface area contributed by atoms with Gasteiger partial charge in [-0.3, -0.25) is 4.79 Å². The molecule has 0 bridgehead atoms. The molecule has 1 aliphatic heterocycles. The summed E-state index contributed by atoms with van der Waals surface area (Å²) < 4.78 is 14.4. The molecule has 1 amide bonds. The molecule has 3 heterocycles. The van der Waals surface area contributed by atoms with E-state index in [0.717, 1.165) is 18.4 Å². The topological polar surface area (TPSA) is 123 Å². The van der Waals surface area contributed by atoms with Crippen molar-refractivity contribution in [3.05, 3.63) is 71.9 Å². The first-order valence-electron chi connectivity index (χ1n) is 11.5. The van der Waals surface area contributed by atoms with Gasteiger partial charge in [0.15, 0.2) is 11.6 Å². The summed E-state index contributed by atoms with van der Waals surface area (Å²) in [5, 5.41) is 3.76. The molecule has 1 atom stereocenters. The molecule has 2 aromatic carbocycles. The number of nitrogen functional groups attached to an aromatic ring is 2. The minimum absolute atomic E-state index is 0.126. The molecule has 1 saturated heterocycles. The Hall–Kier alpha value is -4.27. The molecule has 5 rings (SSSR count). The Morgan fingerprint density at radius 2 is 1.83 bits per heavy atom. The monoisotopic (exact) mass is 471 g/mol. The van der Waals surface area contributed by atoms with Crippen LogP contribution in [0.1, 0.15) is 41.9 Å². The van der Waals surface area contributed by atoms with Crippen LogP contribution in [-0.2, 0) is 0 Å². The number of likely N-dealkylation sites (tertiary alicyclic amines) is 1. The fraction of sp³-hybridized carbons (Fsp3) is 0.231. The second-order valence-corrected chi connectivity index (χ2v) is 8.66. The molecule has 0 saturated carbocycles. The van der Waals surface area contributed by atoms with Gasteiger partial charge in [-0.2, -0.15) is 0 Å². The summed E-state index contributed by atoms with van der Waals surface area (Å²) in [6.45, 7) is 3.25. The first-order chi connectivity index (χ1) is 16.9. The van der Waals surface area contributed by atoms with E-state index in [1.165, 1.54) is 18.5 Å². The highest BCUT2D eigenvalue weighted by Gasteiger charge is 2.29. The van der Waals surface area contributed by atoms with Gasteiger partial charge in [0.2, 0.25) is 0 Å². The quantitative estimate of drug-likeness (QED) is 0.394. The van der Waals surface area contributed by atoms with Crippen molar-refractivity contribution in [2.75, 3.05) is 29.9 Å². The first kappa shape index (κ1) is 22.5. The van der Waals surface area contributed by atoms with Crippen LogP contribution in [0.4, 0.5) is 21.7 Å². The zero-order valence-corrected chi connectivity index (χ0v) is 19.3. The molecule has 4 aromatic rings. The predicted octanol–water partition coefficient (Wildman–Crippen LogP) is 4.40. The largest absolute Gasteiger partial charge is 0.393 e. The van der Waals surface area contributed by atoms with E-state index in [1.807, 2.05) is 42.2 Å². The molecular formula is C26H26FN7O. The van der Waals surface area contributed by atoms with Gasteiger partial charge in [-0.25, -0.2) is 19.3 Å². The Bertz CT molecular complexity index is 1400. The van der Waals surface area contributed by atoms with Crippen molar-refractivity contribution in [2.45, 2.75) is 25.8 Å². The van der Waals surface area contributed by atoms with Crippen LogP contribution in [0, 0.1) is 5.82 Å². The zero-order valence-electron chi connectivity index (χ0n) is 19.3. The lowest BCUT2D eigenvalue weighted by Gasteiger charge is -2.24. The van der Waals surface area contributed by atoms with Gasteiger partial charge in [0.1, 0.15) is 17.8 Å². The van der Waals surface area contributed by atoms with Gasteiger partial charge >= 0.3 is 0 Å². The van der Waals surface area contributed by atoms with Crippen molar-refractivity contribution in [2.24, 2.45) is 0 Å². The van der Waals surface area contributed by atoms with E-state index < -0.39 is 11.9 Å². The van der Waals surface area contributed by atoms with Crippen LogP contribution in [0.3, 0.4) is 0 Å². The molecule has 5 N–H and O–H groups in total.